The van der Waals surface area contributed by atoms with Crippen LogP contribution < -0.4 is 31.0 Å². The van der Waals surface area contributed by atoms with Crippen LogP contribution in [-0.2, 0) is 54.6 Å². The predicted molar refractivity (Wildman–Crippen MR) is 281 cm³/mol. The molecule has 0 spiro atoms. The van der Waals surface area contributed by atoms with Crippen LogP contribution in [0.3, 0.4) is 0 Å². The van der Waals surface area contributed by atoms with Gasteiger partial charge in [0.05, 0.1) is 54.4 Å². The monoisotopic (exact) mass is 1160 g/mol. The number of anilines is 3. The van der Waals surface area contributed by atoms with Crippen molar-refractivity contribution < 1.29 is 88.3 Å². The molecule has 0 aromatic heterocycles. The van der Waals surface area contributed by atoms with Gasteiger partial charge in [-0.05, 0) is 54.8 Å². The number of nitrogens with zero attached hydrogens (tertiary/aromatic N) is 1. The van der Waals surface area contributed by atoms with Crippen molar-refractivity contribution in [1.29, 1.82) is 0 Å². The molecule has 424 valence electrons. The molecule has 1 saturated carbocycles. The van der Waals surface area contributed by atoms with Crippen LogP contribution in [0, 0.1) is 17.5 Å². The minimum absolute atomic E-state index is 0.0422. The zero-order valence-electron chi connectivity index (χ0n) is 41.8. The zero-order valence-corrected chi connectivity index (χ0v) is 44.3. The number of imide groups is 1. The van der Waals surface area contributed by atoms with Gasteiger partial charge in [0.25, 0.3) is 0 Å². The van der Waals surface area contributed by atoms with Gasteiger partial charge in [0, 0.05) is 77.5 Å². The molecule has 3 aromatic rings. The SMILES string of the molecule is O=C(CCS(=O)(=O)c1c(F)c(F)c(NS(=O)[O-])c(F)c1NC1CCCCCCC1)NCCOCCOCCC(=O)NC(CSC1CC(=O)N(c2ccc(-c3c4ccc(=O)cc-4oc4cc(O)ccc34)c(C(=O)O)c2)C1=O)C(=O)O. The highest BCUT2D eigenvalue weighted by Crippen LogP contribution is 2.44. The lowest BCUT2D eigenvalue weighted by atomic mass is 9.90. The van der Waals surface area contributed by atoms with E-state index in [1.165, 1.54) is 53.3 Å². The summed E-state index contributed by atoms with van der Waals surface area (Å²) >= 11 is -2.49. The second kappa shape index (κ2) is 26.7. The minimum Gasteiger partial charge on any atom is -0.755 e. The van der Waals surface area contributed by atoms with Gasteiger partial charge < -0.3 is 54.4 Å². The van der Waals surface area contributed by atoms with Gasteiger partial charge in [-0.1, -0.05) is 38.2 Å². The number of rotatable bonds is 25. The number of halogens is 3. The maximum Gasteiger partial charge on any atom is 0.336 e. The number of carboxylic acids is 2. The van der Waals surface area contributed by atoms with Crippen LogP contribution in [0.5, 0.6) is 5.75 Å². The van der Waals surface area contributed by atoms with E-state index in [0.29, 0.717) is 42.2 Å². The molecule has 2 aliphatic carbocycles. The molecule has 7 rings (SSSR count). The Labute approximate surface area is 455 Å². The number of phenols is 1. The van der Waals surface area contributed by atoms with E-state index in [9.17, 15) is 70.5 Å². The van der Waals surface area contributed by atoms with Crippen molar-refractivity contribution in [3.05, 3.63) is 87.8 Å². The Bertz CT molecular complexity index is 3320. The fourth-order valence-corrected chi connectivity index (χ4v) is 12.1. The average molecular weight is 1160 g/mol. The topological polar surface area (TPSA) is 337 Å². The van der Waals surface area contributed by atoms with E-state index < -0.39 is 120 Å². The summed E-state index contributed by atoms with van der Waals surface area (Å²) in [6.45, 7) is -0.503. The summed E-state index contributed by atoms with van der Waals surface area (Å²) in [5.41, 5.74) is -2.11. The van der Waals surface area contributed by atoms with Gasteiger partial charge >= 0.3 is 11.9 Å². The number of nitrogens with one attached hydrogen (secondary N) is 4. The molecular weight excluding hydrogens is 1110 g/mol. The summed E-state index contributed by atoms with van der Waals surface area (Å²) in [5, 5.41) is 37.1. The lowest BCUT2D eigenvalue weighted by Gasteiger charge is -2.25. The molecule has 3 unspecified atom stereocenters. The van der Waals surface area contributed by atoms with Crippen molar-refractivity contribution in [3.63, 3.8) is 0 Å². The molecule has 22 nitrogen and oxygen atoms in total. The first kappa shape index (κ1) is 59.5. The van der Waals surface area contributed by atoms with Crippen LogP contribution >= 0.6 is 11.8 Å². The van der Waals surface area contributed by atoms with E-state index >= 15 is 8.78 Å². The summed E-state index contributed by atoms with van der Waals surface area (Å²) in [4.78, 5) is 88.7. The average Bonchev–Trinajstić information content (AvgIpc) is 3.71. The van der Waals surface area contributed by atoms with Crippen LogP contribution in [0.2, 0.25) is 0 Å². The molecule has 0 radical (unpaired) electrons. The quantitative estimate of drug-likeness (QED) is 0.0125. The van der Waals surface area contributed by atoms with Crippen LogP contribution in [0.4, 0.5) is 30.2 Å². The van der Waals surface area contributed by atoms with Crippen molar-refractivity contribution in [2.24, 2.45) is 0 Å². The number of carbonyl (C=O) groups is 6. The molecule has 2 heterocycles. The van der Waals surface area contributed by atoms with E-state index in [0.717, 1.165) is 42.0 Å². The maximum atomic E-state index is 15.7. The predicted octanol–water partition coefficient (Wildman–Crippen LogP) is 5.45. The summed E-state index contributed by atoms with van der Waals surface area (Å²) < 4.78 is 113. The molecule has 3 aromatic carbocycles. The van der Waals surface area contributed by atoms with Crippen LogP contribution in [0.1, 0.15) is 74.6 Å². The number of aromatic carboxylic acids is 1. The minimum atomic E-state index is -4.90. The fourth-order valence-electron chi connectivity index (χ4n) is 9.08. The third-order valence-electron chi connectivity index (χ3n) is 12.9. The highest BCUT2D eigenvalue weighted by molar-refractivity contribution is 8.00. The largest absolute Gasteiger partial charge is 0.755 e. The second-order valence-corrected chi connectivity index (χ2v) is 22.3. The van der Waals surface area contributed by atoms with Gasteiger partial charge in [0.2, 0.25) is 23.6 Å². The first-order chi connectivity index (χ1) is 37.6. The Morgan fingerprint density at radius 1 is 0.835 bits per heavy atom. The maximum absolute atomic E-state index is 15.7. The molecule has 1 saturated heterocycles. The first-order valence-corrected chi connectivity index (χ1v) is 28.5. The molecule has 4 aliphatic rings. The van der Waals surface area contributed by atoms with E-state index in [1.54, 1.807) is 0 Å². The summed E-state index contributed by atoms with van der Waals surface area (Å²) in [6, 6.07) is 10.0. The van der Waals surface area contributed by atoms with Crippen LogP contribution in [-0.4, -0.2) is 130 Å². The highest BCUT2D eigenvalue weighted by atomic mass is 32.2. The Morgan fingerprint density at radius 2 is 1.53 bits per heavy atom. The number of aliphatic carboxylic acids is 1. The molecule has 4 amide bonds. The number of hydrogen-bond donors (Lipinski definition) is 7. The number of thioether (sulfide) groups is 1. The van der Waals surface area contributed by atoms with E-state index in [-0.39, 0.29) is 90.9 Å². The zero-order chi connectivity index (χ0) is 57.1. The number of sulfone groups is 1. The van der Waals surface area contributed by atoms with Crippen LogP contribution in [0.25, 0.3) is 33.4 Å². The summed E-state index contributed by atoms with van der Waals surface area (Å²) in [5.74, 6) is -13.0. The van der Waals surface area contributed by atoms with E-state index in [4.69, 9.17) is 13.9 Å². The fraction of sp³-hybridized carbons (Fsp3) is 0.392. The molecule has 79 heavy (non-hydrogen) atoms. The van der Waals surface area contributed by atoms with Crippen molar-refractivity contribution in [2.75, 3.05) is 59.4 Å². The van der Waals surface area contributed by atoms with Crippen LogP contribution in [0.15, 0.2) is 68.7 Å². The second-order valence-electron chi connectivity index (χ2n) is 18.3. The van der Waals surface area contributed by atoms with Gasteiger partial charge in [-0.3, -0.25) is 28.2 Å². The Kier molecular flexibility index (Phi) is 20.1. The first-order valence-electron chi connectivity index (χ1n) is 24.7. The Hall–Kier alpha value is -7.11. The van der Waals surface area contributed by atoms with Crippen molar-refractivity contribution in [1.82, 2.24) is 10.6 Å². The van der Waals surface area contributed by atoms with Gasteiger partial charge in [-0.25, -0.2) is 36.1 Å². The van der Waals surface area contributed by atoms with Gasteiger partial charge in [0.1, 0.15) is 33.7 Å². The molecule has 2 aliphatic heterocycles. The number of fused-ring (bicyclic) bond motifs is 2. The highest BCUT2D eigenvalue weighted by Gasteiger charge is 2.41. The lowest BCUT2D eigenvalue weighted by molar-refractivity contribution is -0.141. The van der Waals surface area contributed by atoms with Gasteiger partial charge in [-0.15, -0.1) is 11.8 Å². The molecule has 7 N–H and O–H groups in total. The lowest BCUT2D eigenvalue weighted by Crippen LogP contribution is -2.43. The molecule has 3 atom stereocenters. The number of phenolic OH excluding ortho intramolecular Hbond substituents is 1. The molecule has 0 bridgehead atoms. The van der Waals surface area contributed by atoms with Crippen molar-refractivity contribution in [3.8, 4) is 28.2 Å². The number of carboxylic acid groups (broad SMARTS) is 2. The number of ether oxygens (including phenoxy) is 2. The Morgan fingerprint density at radius 3 is 2.23 bits per heavy atom. The van der Waals surface area contributed by atoms with Gasteiger partial charge in [-0.2, -0.15) is 0 Å². The smallest absolute Gasteiger partial charge is 0.336 e. The molecule has 28 heteroatoms. The van der Waals surface area contributed by atoms with E-state index in [1.807, 2.05) is 0 Å². The number of hydrogen-bond acceptors (Lipinski definition) is 17. The van der Waals surface area contributed by atoms with Gasteiger partial charge in [0.15, 0.2) is 32.7 Å². The van der Waals surface area contributed by atoms with Crippen molar-refractivity contribution in [2.45, 2.75) is 86.4 Å². The number of carbonyl (C=O) groups excluding carboxylic acids is 4. The number of benzene rings is 4. The number of aromatic hydroxyl groups is 1. The summed E-state index contributed by atoms with van der Waals surface area (Å²) in [7, 11) is -4.90. The Balaban J connectivity index is 0.838. The summed E-state index contributed by atoms with van der Waals surface area (Å²) in [6.07, 6.45) is 3.54. The normalized spacial score (nSPS) is 16.1. The van der Waals surface area contributed by atoms with E-state index in [2.05, 4.69) is 16.0 Å². The van der Waals surface area contributed by atoms with Crippen molar-refractivity contribution >= 4 is 96.5 Å². The molecular formula is C51H53F3N5O17S3-. The molecule has 2 fully saturated rings. The number of amides is 4. The third kappa shape index (κ3) is 14.8. The third-order valence-corrected chi connectivity index (χ3v) is 16.3. The standard InChI is InChI=1S/C51H54F3N5O17S3/c52-43-44(53)48(47(45(54)46(43)58-78(70)71)56-27-6-4-2-1-3-5-7-27)79(72,73)21-15-39(62)55-16-18-75-20-19-74-17-14-40(63)57-35(51(68)69)26-77-38-25-41(64)59(49(38)65)28-8-11-31(34(22-28)50(66)67)42-32-12-9-29(60)23-36(32)76-37-24-30(61)10-13-33(37)42/h8-13,22-24,27,35,38,56,58,60H,1-7,14-21,25-26H2,(H,55,62)(H,57,63)(H,66,67)(H,68,69)(H,70,71)/p-1.